The lowest BCUT2D eigenvalue weighted by Crippen LogP contribution is -2.22. The maximum atomic E-state index is 12.8. The number of hydrogen-bond acceptors (Lipinski definition) is 3. The maximum Gasteiger partial charge on any atom is 0.237 e. The van der Waals surface area contributed by atoms with Gasteiger partial charge in [0.1, 0.15) is 19.0 Å². The van der Waals surface area contributed by atoms with Crippen molar-refractivity contribution < 1.29 is 13.9 Å². The van der Waals surface area contributed by atoms with E-state index in [2.05, 4.69) is 0 Å². The van der Waals surface area contributed by atoms with Gasteiger partial charge in [0.05, 0.1) is 6.20 Å². The Balaban J connectivity index is 2.17. The summed E-state index contributed by atoms with van der Waals surface area (Å²) >= 11 is 0. The first kappa shape index (κ1) is 14.8. The molecule has 0 saturated heterocycles. The molecule has 0 aliphatic rings. The van der Waals surface area contributed by atoms with Crippen LogP contribution < -0.4 is 15.9 Å². The number of primary amides is 1. The Bertz CT molecular complexity index is 708. The zero-order chi connectivity index (χ0) is 15.4. The highest BCUT2D eigenvalue weighted by molar-refractivity contribution is 5.73. The van der Waals surface area contributed by atoms with Crippen LogP contribution in [0.2, 0.25) is 0 Å². The monoisotopic (exact) mass is 290 g/mol. The Hall–Kier alpha value is -2.63. The molecule has 0 fully saturated rings. The minimum Gasteiger partial charge on any atom is -0.483 e. The third kappa shape index (κ3) is 3.92. The van der Waals surface area contributed by atoms with Gasteiger partial charge in [0.15, 0.2) is 5.75 Å². The summed E-state index contributed by atoms with van der Waals surface area (Å²) < 4.78 is 19.8. The van der Waals surface area contributed by atoms with E-state index in [1.807, 2.05) is 0 Å². The Morgan fingerprint density at radius 2 is 2.00 bits per heavy atom. The molecule has 0 bridgehead atoms. The summed E-state index contributed by atoms with van der Waals surface area (Å²) in [6, 6.07) is 7.16. The number of carbonyl (C=O) groups excluding carboxylic acids is 1. The first-order chi connectivity index (χ1) is 9.95. The maximum absolute atomic E-state index is 12.8. The topological polar surface area (TPSA) is 74.3 Å². The fourth-order valence-corrected chi connectivity index (χ4v) is 1.84. The van der Waals surface area contributed by atoms with Crippen LogP contribution in [-0.4, -0.2) is 10.5 Å². The van der Waals surface area contributed by atoms with E-state index in [0.29, 0.717) is 5.69 Å². The third-order valence-corrected chi connectivity index (χ3v) is 2.94. The lowest BCUT2D eigenvalue weighted by atomic mass is 10.2. The molecule has 2 N–H and O–H groups in total. The second kappa shape index (κ2) is 6.21. The number of nitrogens with zero attached hydrogens (tertiary/aromatic N) is 1. The molecular formula is C15H15FN2O3. The molecule has 110 valence electrons. The number of aromatic nitrogens is 1. The van der Waals surface area contributed by atoms with Crippen LogP contribution >= 0.6 is 0 Å². The SMILES string of the molecule is Cc1cc(=O)c(OCc2ccc(F)cc2)cn1CC(N)=O. The smallest absolute Gasteiger partial charge is 0.237 e. The number of nitrogens with two attached hydrogens (primary N) is 1. The van der Waals surface area contributed by atoms with E-state index < -0.39 is 5.91 Å². The molecule has 1 aromatic heterocycles. The first-order valence-corrected chi connectivity index (χ1v) is 6.32. The minimum atomic E-state index is -0.508. The summed E-state index contributed by atoms with van der Waals surface area (Å²) in [7, 11) is 0. The van der Waals surface area contributed by atoms with E-state index in [-0.39, 0.29) is 30.1 Å². The van der Waals surface area contributed by atoms with Crippen LogP contribution in [0.15, 0.2) is 41.3 Å². The molecule has 1 amide bonds. The van der Waals surface area contributed by atoms with Crippen LogP contribution in [0.25, 0.3) is 0 Å². The summed E-state index contributed by atoms with van der Waals surface area (Å²) in [6.45, 7) is 1.81. The van der Waals surface area contributed by atoms with Crippen molar-refractivity contribution >= 4 is 5.91 Å². The molecule has 5 nitrogen and oxygen atoms in total. The lowest BCUT2D eigenvalue weighted by molar-refractivity contribution is -0.118. The van der Waals surface area contributed by atoms with Crippen LogP contribution in [0.4, 0.5) is 4.39 Å². The Morgan fingerprint density at radius 1 is 1.33 bits per heavy atom. The molecule has 0 saturated carbocycles. The van der Waals surface area contributed by atoms with Crippen LogP contribution in [0.3, 0.4) is 0 Å². The fourth-order valence-electron chi connectivity index (χ4n) is 1.84. The van der Waals surface area contributed by atoms with E-state index in [0.717, 1.165) is 5.56 Å². The number of aryl methyl sites for hydroxylation is 1. The summed E-state index contributed by atoms with van der Waals surface area (Å²) in [5, 5.41) is 0. The van der Waals surface area contributed by atoms with E-state index >= 15 is 0 Å². The van der Waals surface area contributed by atoms with E-state index in [4.69, 9.17) is 10.5 Å². The highest BCUT2D eigenvalue weighted by Gasteiger charge is 2.07. The van der Waals surface area contributed by atoms with Gasteiger partial charge in [-0.3, -0.25) is 9.59 Å². The molecule has 0 spiro atoms. The molecule has 0 aliphatic carbocycles. The Morgan fingerprint density at radius 3 is 2.62 bits per heavy atom. The van der Waals surface area contributed by atoms with Crippen LogP contribution in [0.5, 0.6) is 5.75 Å². The van der Waals surface area contributed by atoms with Gasteiger partial charge >= 0.3 is 0 Å². The minimum absolute atomic E-state index is 0.0287. The van der Waals surface area contributed by atoms with Crippen molar-refractivity contribution in [2.24, 2.45) is 5.73 Å². The number of hydrogen-bond donors (Lipinski definition) is 1. The van der Waals surface area contributed by atoms with Gasteiger partial charge in [0, 0.05) is 11.8 Å². The molecule has 2 aromatic rings. The van der Waals surface area contributed by atoms with E-state index in [1.54, 1.807) is 23.6 Å². The second-order valence-electron chi connectivity index (χ2n) is 4.65. The normalized spacial score (nSPS) is 10.4. The zero-order valence-corrected chi connectivity index (χ0v) is 11.5. The molecule has 2 rings (SSSR count). The molecule has 6 heteroatoms. The standard InChI is InChI=1S/C15H15FN2O3/c1-10-6-13(19)14(7-18(10)8-15(17)20)21-9-11-2-4-12(16)5-3-11/h2-7H,8-9H2,1H3,(H2,17,20). The molecular weight excluding hydrogens is 275 g/mol. The van der Waals surface area contributed by atoms with Crippen molar-refractivity contribution in [1.82, 2.24) is 4.57 Å². The number of benzene rings is 1. The van der Waals surface area contributed by atoms with Crippen molar-refractivity contribution in [1.29, 1.82) is 0 Å². The average molecular weight is 290 g/mol. The number of ether oxygens (including phenoxy) is 1. The molecule has 1 heterocycles. The lowest BCUT2D eigenvalue weighted by Gasteiger charge is -2.11. The molecule has 21 heavy (non-hydrogen) atoms. The van der Waals surface area contributed by atoms with E-state index in [1.165, 1.54) is 24.4 Å². The number of rotatable bonds is 5. The number of carbonyl (C=O) groups is 1. The summed E-state index contributed by atoms with van der Waals surface area (Å²) in [4.78, 5) is 22.8. The number of amides is 1. The average Bonchev–Trinajstić information content (AvgIpc) is 2.42. The van der Waals surface area contributed by atoms with Gasteiger partial charge < -0.3 is 15.0 Å². The molecule has 1 aromatic carbocycles. The summed E-state index contributed by atoms with van der Waals surface area (Å²) in [6.07, 6.45) is 1.45. The molecule has 0 aliphatic heterocycles. The quantitative estimate of drug-likeness (QED) is 0.903. The Kier molecular flexibility index (Phi) is 4.37. The van der Waals surface area contributed by atoms with Crippen LogP contribution in [0.1, 0.15) is 11.3 Å². The van der Waals surface area contributed by atoms with Gasteiger partial charge in [0.2, 0.25) is 11.3 Å². The Labute approximate surface area is 120 Å². The third-order valence-electron chi connectivity index (χ3n) is 2.94. The summed E-state index contributed by atoms with van der Waals surface area (Å²) in [5.74, 6) is -0.727. The largest absolute Gasteiger partial charge is 0.483 e. The number of halogens is 1. The van der Waals surface area contributed by atoms with Gasteiger partial charge in [-0.25, -0.2) is 4.39 Å². The van der Waals surface area contributed by atoms with Crippen molar-refractivity contribution in [2.75, 3.05) is 0 Å². The number of pyridine rings is 1. The van der Waals surface area contributed by atoms with Crippen molar-refractivity contribution in [3.63, 3.8) is 0 Å². The van der Waals surface area contributed by atoms with Gasteiger partial charge in [-0.2, -0.15) is 0 Å². The van der Waals surface area contributed by atoms with Gasteiger partial charge in [-0.1, -0.05) is 12.1 Å². The van der Waals surface area contributed by atoms with Gasteiger partial charge in [-0.05, 0) is 24.6 Å². The molecule has 0 radical (unpaired) electrons. The van der Waals surface area contributed by atoms with Gasteiger partial charge in [-0.15, -0.1) is 0 Å². The highest BCUT2D eigenvalue weighted by Crippen LogP contribution is 2.10. The fraction of sp³-hybridized carbons (Fsp3) is 0.200. The van der Waals surface area contributed by atoms with Crippen molar-refractivity contribution in [3.8, 4) is 5.75 Å². The van der Waals surface area contributed by atoms with Crippen molar-refractivity contribution in [3.05, 3.63) is 63.8 Å². The highest BCUT2D eigenvalue weighted by atomic mass is 19.1. The molecule has 0 atom stereocenters. The zero-order valence-electron chi connectivity index (χ0n) is 11.5. The van der Waals surface area contributed by atoms with E-state index in [9.17, 15) is 14.0 Å². The summed E-state index contributed by atoms with van der Waals surface area (Å²) in [5.41, 5.74) is 6.22. The van der Waals surface area contributed by atoms with Gasteiger partial charge in [0.25, 0.3) is 0 Å². The van der Waals surface area contributed by atoms with Crippen molar-refractivity contribution in [2.45, 2.75) is 20.1 Å². The first-order valence-electron chi connectivity index (χ1n) is 6.32. The predicted octanol–water partition coefficient (Wildman–Crippen LogP) is 1.36. The van der Waals surface area contributed by atoms with Crippen LogP contribution in [0, 0.1) is 12.7 Å². The second-order valence-corrected chi connectivity index (χ2v) is 4.65. The predicted molar refractivity (Wildman–Crippen MR) is 75.4 cm³/mol. The van der Waals surface area contributed by atoms with Crippen LogP contribution in [-0.2, 0) is 17.9 Å². The molecule has 0 unspecified atom stereocenters.